The predicted octanol–water partition coefficient (Wildman–Crippen LogP) is 1.65. The fraction of sp³-hybridized carbons (Fsp3) is 0.741. The normalized spacial score (nSPS) is 15.6. The van der Waals surface area contributed by atoms with Crippen LogP contribution >= 0.6 is 0 Å². The van der Waals surface area contributed by atoms with Gasteiger partial charge in [0.05, 0.1) is 85.5 Å². The number of methoxy groups -OCH3 is 1. The van der Waals surface area contributed by atoms with Crippen LogP contribution in [0.25, 0.3) is 0 Å². The summed E-state index contributed by atoms with van der Waals surface area (Å²) in [6.45, 7) is 8.56. The van der Waals surface area contributed by atoms with Gasteiger partial charge in [-0.25, -0.2) is 0 Å². The van der Waals surface area contributed by atoms with Crippen molar-refractivity contribution in [2.45, 2.75) is 18.9 Å². The molecule has 2 heterocycles. The smallest absolute Gasteiger partial charge is 0.138 e. The minimum Gasteiger partial charge on any atom is -0.490 e. The van der Waals surface area contributed by atoms with E-state index in [2.05, 4.69) is 28.8 Å². The summed E-state index contributed by atoms with van der Waals surface area (Å²) in [5.74, 6) is 6.81. The zero-order valence-electron chi connectivity index (χ0n) is 22.5. The van der Waals surface area contributed by atoms with Crippen LogP contribution in [0.5, 0.6) is 5.75 Å². The van der Waals surface area contributed by atoms with Crippen molar-refractivity contribution in [1.82, 2.24) is 9.88 Å². The summed E-state index contributed by atoms with van der Waals surface area (Å²) >= 11 is 0. The van der Waals surface area contributed by atoms with Crippen molar-refractivity contribution in [3.05, 3.63) is 24.0 Å². The Morgan fingerprint density at radius 3 is 1.92 bits per heavy atom. The van der Waals surface area contributed by atoms with E-state index in [-0.39, 0.29) is 0 Å². The molecule has 210 valence electrons. The summed E-state index contributed by atoms with van der Waals surface area (Å²) in [5, 5.41) is 0. The molecular weight excluding hydrogens is 480 g/mol. The molecule has 10 heteroatoms. The van der Waals surface area contributed by atoms with E-state index in [0.29, 0.717) is 98.5 Å². The summed E-state index contributed by atoms with van der Waals surface area (Å²) in [4.78, 5) is 6.56. The molecule has 0 aliphatic carbocycles. The van der Waals surface area contributed by atoms with E-state index in [1.807, 2.05) is 6.07 Å². The van der Waals surface area contributed by atoms with Crippen molar-refractivity contribution >= 4 is 0 Å². The molecule has 1 aliphatic rings. The molecule has 0 radical (unpaired) electrons. The third-order valence-corrected chi connectivity index (χ3v) is 5.53. The standard InChI is InChI=1S/C27H44N2O8/c1-29-7-3-6-26(29)24-37-27-21-25(22-28-23-27)5-4-8-31-11-12-33-15-16-35-19-20-36-18-17-34-14-13-32-10-9-30-2/h21-23,26H,3,6-20,24H2,1-2H3/t26-/m0/s1. The number of hydrogen-bond acceptors (Lipinski definition) is 10. The van der Waals surface area contributed by atoms with Crippen molar-refractivity contribution in [2.75, 3.05) is 113 Å². The van der Waals surface area contributed by atoms with Gasteiger partial charge in [0.25, 0.3) is 0 Å². The number of ether oxygens (including phenoxy) is 8. The second kappa shape index (κ2) is 22.2. The molecule has 37 heavy (non-hydrogen) atoms. The zero-order chi connectivity index (χ0) is 26.2. The Labute approximate surface area is 221 Å². The molecule has 1 saturated heterocycles. The van der Waals surface area contributed by atoms with Gasteiger partial charge in [-0.2, -0.15) is 0 Å². The first-order valence-corrected chi connectivity index (χ1v) is 13.0. The first-order valence-electron chi connectivity index (χ1n) is 13.0. The molecule has 1 aliphatic heterocycles. The van der Waals surface area contributed by atoms with Gasteiger partial charge < -0.3 is 42.8 Å². The van der Waals surface area contributed by atoms with Crippen LogP contribution in [0.15, 0.2) is 18.5 Å². The minimum atomic E-state index is 0.333. The Kier molecular flexibility index (Phi) is 18.8. The number of likely N-dealkylation sites (tertiary alicyclic amines) is 1. The van der Waals surface area contributed by atoms with Gasteiger partial charge in [0, 0.05) is 24.9 Å². The van der Waals surface area contributed by atoms with Crippen molar-refractivity contribution in [1.29, 1.82) is 0 Å². The zero-order valence-corrected chi connectivity index (χ0v) is 22.5. The Hall–Kier alpha value is -1.81. The molecule has 1 fully saturated rings. The summed E-state index contributed by atoms with van der Waals surface area (Å²) in [6, 6.07) is 2.39. The Morgan fingerprint density at radius 2 is 1.38 bits per heavy atom. The van der Waals surface area contributed by atoms with Crippen molar-refractivity contribution in [2.24, 2.45) is 0 Å². The number of nitrogens with zero attached hydrogens (tertiary/aromatic N) is 2. The molecule has 1 aromatic heterocycles. The summed E-state index contributed by atoms with van der Waals surface area (Å²) < 4.78 is 43.4. The lowest BCUT2D eigenvalue weighted by Gasteiger charge is -2.19. The average Bonchev–Trinajstić information content (AvgIpc) is 3.33. The summed E-state index contributed by atoms with van der Waals surface area (Å²) in [6.07, 6.45) is 5.86. The first kappa shape index (κ1) is 31.4. The van der Waals surface area contributed by atoms with Crippen LogP contribution in [0.3, 0.4) is 0 Å². The van der Waals surface area contributed by atoms with Crippen LogP contribution < -0.4 is 4.74 Å². The number of rotatable bonds is 22. The molecule has 0 unspecified atom stereocenters. The number of pyridine rings is 1. The predicted molar refractivity (Wildman–Crippen MR) is 139 cm³/mol. The number of likely N-dealkylation sites (N-methyl/N-ethyl adjacent to an activating group) is 1. The first-order chi connectivity index (χ1) is 18.3. The largest absolute Gasteiger partial charge is 0.490 e. The van der Waals surface area contributed by atoms with Gasteiger partial charge in [-0.1, -0.05) is 11.8 Å². The van der Waals surface area contributed by atoms with Crippen molar-refractivity contribution in [3.63, 3.8) is 0 Å². The van der Waals surface area contributed by atoms with E-state index in [1.54, 1.807) is 19.5 Å². The van der Waals surface area contributed by atoms with Gasteiger partial charge in [0.15, 0.2) is 0 Å². The average molecular weight is 525 g/mol. The molecule has 2 rings (SSSR count). The van der Waals surface area contributed by atoms with Crippen LogP contribution in [-0.4, -0.2) is 129 Å². The van der Waals surface area contributed by atoms with Gasteiger partial charge >= 0.3 is 0 Å². The molecule has 0 spiro atoms. The highest BCUT2D eigenvalue weighted by Gasteiger charge is 2.21. The third kappa shape index (κ3) is 16.6. The molecule has 0 aromatic carbocycles. The molecule has 1 atom stereocenters. The van der Waals surface area contributed by atoms with E-state index in [4.69, 9.17) is 37.9 Å². The van der Waals surface area contributed by atoms with Gasteiger partial charge in [0.1, 0.15) is 19.0 Å². The SMILES string of the molecule is COCCOCCOCCOCCOCCOCCOCC#Cc1cncc(OC[C@@H]2CCCN2C)c1. The van der Waals surface area contributed by atoms with Gasteiger partial charge in [-0.05, 0) is 32.5 Å². The van der Waals surface area contributed by atoms with Crippen molar-refractivity contribution < 1.29 is 37.9 Å². The Bertz CT molecular complexity index is 743. The van der Waals surface area contributed by atoms with Gasteiger partial charge in [0.2, 0.25) is 0 Å². The quantitative estimate of drug-likeness (QED) is 0.165. The number of hydrogen-bond donors (Lipinski definition) is 0. The molecule has 0 saturated carbocycles. The number of aromatic nitrogens is 1. The molecule has 0 N–H and O–H groups in total. The fourth-order valence-electron chi connectivity index (χ4n) is 3.45. The lowest BCUT2D eigenvalue weighted by Crippen LogP contribution is -2.30. The lowest BCUT2D eigenvalue weighted by molar-refractivity contribution is -0.0181. The van der Waals surface area contributed by atoms with E-state index >= 15 is 0 Å². The summed E-state index contributed by atoms with van der Waals surface area (Å²) in [5.41, 5.74) is 0.814. The van der Waals surface area contributed by atoms with Crippen LogP contribution in [0.2, 0.25) is 0 Å². The maximum atomic E-state index is 5.90. The third-order valence-electron chi connectivity index (χ3n) is 5.53. The Balaban J connectivity index is 1.34. The molecule has 1 aromatic rings. The monoisotopic (exact) mass is 524 g/mol. The molecule has 0 bridgehead atoms. The highest BCUT2D eigenvalue weighted by Crippen LogP contribution is 2.17. The fourth-order valence-corrected chi connectivity index (χ4v) is 3.45. The second-order valence-corrected chi connectivity index (χ2v) is 8.41. The van der Waals surface area contributed by atoms with Crippen LogP contribution in [0.1, 0.15) is 18.4 Å². The maximum Gasteiger partial charge on any atom is 0.138 e. The van der Waals surface area contributed by atoms with E-state index < -0.39 is 0 Å². The molecular formula is C27H44N2O8. The van der Waals surface area contributed by atoms with Crippen LogP contribution in [-0.2, 0) is 33.2 Å². The van der Waals surface area contributed by atoms with Gasteiger partial charge in [-0.3, -0.25) is 4.98 Å². The van der Waals surface area contributed by atoms with E-state index in [0.717, 1.165) is 17.9 Å². The maximum absolute atomic E-state index is 5.90. The summed E-state index contributed by atoms with van der Waals surface area (Å²) in [7, 11) is 3.79. The van der Waals surface area contributed by atoms with Crippen LogP contribution in [0, 0.1) is 11.8 Å². The molecule has 10 nitrogen and oxygen atoms in total. The Morgan fingerprint density at radius 1 is 0.811 bits per heavy atom. The highest BCUT2D eigenvalue weighted by atomic mass is 16.6. The van der Waals surface area contributed by atoms with E-state index in [1.165, 1.54) is 12.8 Å². The van der Waals surface area contributed by atoms with Crippen LogP contribution in [0.4, 0.5) is 0 Å². The lowest BCUT2D eigenvalue weighted by atomic mass is 10.2. The highest BCUT2D eigenvalue weighted by molar-refractivity contribution is 5.36. The molecule has 0 amide bonds. The topological polar surface area (TPSA) is 90.0 Å². The second-order valence-electron chi connectivity index (χ2n) is 8.41. The van der Waals surface area contributed by atoms with Gasteiger partial charge in [-0.15, -0.1) is 0 Å². The van der Waals surface area contributed by atoms with Crippen molar-refractivity contribution in [3.8, 4) is 17.6 Å². The van der Waals surface area contributed by atoms with E-state index in [9.17, 15) is 0 Å². The minimum absolute atomic E-state index is 0.333.